The number of halogens is 3. The van der Waals surface area contributed by atoms with E-state index in [0.717, 1.165) is 5.92 Å². The second-order valence-corrected chi connectivity index (χ2v) is 15.9. The van der Waals surface area contributed by atoms with Gasteiger partial charge in [0.1, 0.15) is 0 Å². The van der Waals surface area contributed by atoms with E-state index in [0.29, 0.717) is 22.3 Å². The van der Waals surface area contributed by atoms with E-state index in [9.17, 15) is 0 Å². The lowest BCUT2D eigenvalue weighted by Gasteiger charge is -2.65. The molecule has 0 aliphatic heterocycles. The van der Waals surface area contributed by atoms with E-state index in [1.54, 1.807) is 0 Å². The molecular formula is C12H19Cl3Si. The first-order valence-electron chi connectivity index (χ1n) is 6.29. The van der Waals surface area contributed by atoms with Gasteiger partial charge in [0.2, 0.25) is 0 Å². The Kier molecular flexibility index (Phi) is 2.54. The van der Waals surface area contributed by atoms with Crippen LogP contribution in [-0.2, 0) is 0 Å². The van der Waals surface area contributed by atoms with Crippen molar-refractivity contribution in [3.05, 3.63) is 0 Å². The summed E-state index contributed by atoms with van der Waals surface area (Å²) in [5, 5.41) is 0. The van der Waals surface area contributed by atoms with Crippen molar-refractivity contribution in [2.24, 2.45) is 22.7 Å². The Morgan fingerprint density at radius 1 is 1.06 bits per heavy atom. The summed E-state index contributed by atoms with van der Waals surface area (Å²) in [4.78, 5) is 0. The molecule has 5 atom stereocenters. The Labute approximate surface area is 113 Å². The molecule has 0 aromatic carbocycles. The normalized spacial score (nSPS) is 55.7. The molecule has 0 aromatic heterocycles. The van der Waals surface area contributed by atoms with Crippen molar-refractivity contribution in [2.45, 2.75) is 51.5 Å². The zero-order valence-electron chi connectivity index (χ0n) is 9.90. The minimum absolute atomic E-state index is 0.330. The van der Waals surface area contributed by atoms with Gasteiger partial charge in [-0.15, -0.1) is 33.2 Å². The maximum atomic E-state index is 6.38. The van der Waals surface area contributed by atoms with Crippen molar-refractivity contribution in [1.82, 2.24) is 0 Å². The van der Waals surface area contributed by atoms with E-state index in [1.165, 1.54) is 32.1 Å². The molecule has 0 amide bonds. The zero-order chi connectivity index (χ0) is 11.8. The van der Waals surface area contributed by atoms with Crippen LogP contribution in [0, 0.1) is 22.7 Å². The van der Waals surface area contributed by atoms with E-state index in [2.05, 4.69) is 13.8 Å². The zero-order valence-corrected chi connectivity index (χ0v) is 13.2. The lowest BCUT2D eigenvalue weighted by molar-refractivity contribution is -0.0917. The smallest absolute Gasteiger partial charge is 0.126 e. The van der Waals surface area contributed by atoms with Gasteiger partial charge in [-0.05, 0) is 54.8 Å². The van der Waals surface area contributed by atoms with Crippen LogP contribution in [0.2, 0.25) is 5.54 Å². The van der Waals surface area contributed by atoms with Crippen molar-refractivity contribution >= 4 is 39.2 Å². The van der Waals surface area contributed by atoms with Gasteiger partial charge in [0.15, 0.2) is 0 Å². The van der Waals surface area contributed by atoms with E-state index in [4.69, 9.17) is 33.2 Å². The highest BCUT2D eigenvalue weighted by atomic mass is 35.8. The second kappa shape index (κ2) is 3.34. The Balaban J connectivity index is 2.00. The number of hydrogen-bond acceptors (Lipinski definition) is 0. The predicted octanol–water partition coefficient (Wildman–Crippen LogP) is 5.25. The maximum Gasteiger partial charge on any atom is 0.345 e. The molecule has 4 heteroatoms. The quantitative estimate of drug-likeness (QED) is 0.458. The third kappa shape index (κ3) is 1.69. The molecule has 92 valence electrons. The van der Waals surface area contributed by atoms with Gasteiger partial charge in [-0.3, -0.25) is 0 Å². The SMILES string of the molecule is CC12CC3CC(C1)C([Si](Cl)(Cl)Cl)C(C)(C3)C2. The molecule has 4 rings (SSSR count). The van der Waals surface area contributed by atoms with Crippen molar-refractivity contribution in [2.75, 3.05) is 0 Å². The highest BCUT2D eigenvalue weighted by molar-refractivity contribution is 7.65. The Morgan fingerprint density at radius 2 is 1.75 bits per heavy atom. The van der Waals surface area contributed by atoms with Crippen LogP contribution >= 0.6 is 33.2 Å². The summed E-state index contributed by atoms with van der Waals surface area (Å²) in [6.07, 6.45) is 6.66. The summed E-state index contributed by atoms with van der Waals surface area (Å²) in [6, 6.07) is -2.55. The Morgan fingerprint density at radius 3 is 2.25 bits per heavy atom. The van der Waals surface area contributed by atoms with E-state index in [1.807, 2.05) is 0 Å². The second-order valence-electron chi connectivity index (χ2n) is 7.13. The fourth-order valence-corrected chi connectivity index (χ4v) is 11.5. The molecular weight excluding hydrogens is 279 g/mol. The van der Waals surface area contributed by atoms with Crippen molar-refractivity contribution < 1.29 is 0 Å². The molecule has 0 radical (unpaired) electrons. The Bertz CT molecular complexity index is 327. The van der Waals surface area contributed by atoms with E-state index in [-0.39, 0.29) is 0 Å². The first-order valence-corrected chi connectivity index (χ1v) is 11.4. The van der Waals surface area contributed by atoms with E-state index >= 15 is 0 Å². The van der Waals surface area contributed by atoms with Gasteiger partial charge in [-0.1, -0.05) is 13.8 Å². The van der Waals surface area contributed by atoms with Gasteiger partial charge in [0.25, 0.3) is 0 Å². The van der Waals surface area contributed by atoms with Crippen LogP contribution in [-0.4, -0.2) is 6.00 Å². The average Bonchev–Trinajstić information content (AvgIpc) is 1.91. The molecule has 5 unspecified atom stereocenters. The lowest BCUT2D eigenvalue weighted by atomic mass is 9.45. The standard InChI is InChI=1S/C12H19Cl3Si/c1-11-4-8-3-9(6-11)10(16(13,14)15)12(2,5-8)7-11/h8-10H,3-7H2,1-2H3. The fourth-order valence-electron chi connectivity index (χ4n) is 5.74. The van der Waals surface area contributed by atoms with Gasteiger partial charge in [-0.25, -0.2) is 0 Å². The summed E-state index contributed by atoms with van der Waals surface area (Å²) in [5.41, 5.74) is 1.30. The maximum absolute atomic E-state index is 6.38. The van der Waals surface area contributed by atoms with Crippen molar-refractivity contribution in [1.29, 1.82) is 0 Å². The van der Waals surface area contributed by atoms with Gasteiger partial charge >= 0.3 is 6.00 Å². The largest absolute Gasteiger partial charge is 0.345 e. The van der Waals surface area contributed by atoms with Crippen molar-refractivity contribution in [3.63, 3.8) is 0 Å². The Hall–Kier alpha value is 1.09. The predicted molar refractivity (Wildman–Crippen MR) is 73.3 cm³/mol. The summed E-state index contributed by atoms with van der Waals surface area (Å²) in [7, 11) is 0. The van der Waals surface area contributed by atoms with Gasteiger partial charge in [0, 0.05) is 5.54 Å². The van der Waals surface area contributed by atoms with Gasteiger partial charge < -0.3 is 0 Å². The first kappa shape index (κ1) is 12.1. The van der Waals surface area contributed by atoms with Gasteiger partial charge in [0.05, 0.1) is 0 Å². The number of hydrogen-bond donors (Lipinski definition) is 0. The minimum Gasteiger partial charge on any atom is -0.126 e. The van der Waals surface area contributed by atoms with E-state index < -0.39 is 6.00 Å². The molecule has 4 aliphatic carbocycles. The molecule has 0 spiro atoms. The summed E-state index contributed by atoms with van der Waals surface area (Å²) in [5.74, 6) is 1.62. The topological polar surface area (TPSA) is 0 Å². The number of rotatable bonds is 1. The summed E-state index contributed by atoms with van der Waals surface area (Å²) in [6.45, 7) is 4.85. The third-order valence-corrected chi connectivity index (χ3v) is 9.32. The van der Waals surface area contributed by atoms with Crippen LogP contribution in [0.25, 0.3) is 0 Å². The van der Waals surface area contributed by atoms with Crippen LogP contribution in [0.4, 0.5) is 0 Å². The molecule has 0 heterocycles. The molecule has 0 aromatic rings. The molecule has 4 saturated carbocycles. The van der Waals surface area contributed by atoms with Crippen LogP contribution < -0.4 is 0 Å². The van der Waals surface area contributed by atoms with Crippen LogP contribution in [0.1, 0.15) is 46.0 Å². The molecule has 0 N–H and O–H groups in total. The highest BCUT2D eigenvalue weighted by Gasteiger charge is 2.64. The fraction of sp³-hybridized carbons (Fsp3) is 1.00. The molecule has 4 bridgehead atoms. The summed E-state index contributed by atoms with van der Waals surface area (Å²) >= 11 is 19.1. The minimum atomic E-state index is -2.55. The lowest BCUT2D eigenvalue weighted by Crippen LogP contribution is -2.56. The molecule has 16 heavy (non-hydrogen) atoms. The molecule has 0 saturated heterocycles. The monoisotopic (exact) mass is 296 g/mol. The van der Waals surface area contributed by atoms with Crippen LogP contribution in [0.15, 0.2) is 0 Å². The van der Waals surface area contributed by atoms with Crippen LogP contribution in [0.3, 0.4) is 0 Å². The third-order valence-electron chi connectivity index (χ3n) is 5.33. The molecule has 4 fully saturated rings. The molecule has 4 aliphatic rings. The highest BCUT2D eigenvalue weighted by Crippen LogP contribution is 2.72. The molecule has 0 nitrogen and oxygen atoms in total. The first-order chi connectivity index (χ1) is 7.22. The van der Waals surface area contributed by atoms with Crippen LogP contribution in [0.5, 0.6) is 0 Å². The average molecular weight is 298 g/mol. The van der Waals surface area contributed by atoms with Crippen molar-refractivity contribution in [3.8, 4) is 0 Å². The van der Waals surface area contributed by atoms with Gasteiger partial charge in [-0.2, -0.15) is 0 Å². The summed E-state index contributed by atoms with van der Waals surface area (Å²) < 4.78 is 0.